The van der Waals surface area contributed by atoms with Gasteiger partial charge in [-0.2, -0.15) is 4.98 Å². The average molecular weight is 425 g/mol. The highest BCUT2D eigenvalue weighted by Gasteiger charge is 2.26. The molecule has 0 bridgehead atoms. The molecule has 7 nitrogen and oxygen atoms in total. The Bertz CT molecular complexity index is 1020. The van der Waals surface area contributed by atoms with E-state index in [4.69, 9.17) is 14.0 Å². The highest BCUT2D eigenvalue weighted by Crippen LogP contribution is 2.24. The van der Waals surface area contributed by atoms with E-state index in [-0.39, 0.29) is 30.1 Å². The molecule has 1 unspecified atom stereocenters. The summed E-state index contributed by atoms with van der Waals surface area (Å²) in [5.41, 5.74) is 0.314. The summed E-state index contributed by atoms with van der Waals surface area (Å²) in [5, 5.41) is 3.91. The molecule has 2 aromatic carbocycles. The van der Waals surface area contributed by atoms with E-state index in [9.17, 15) is 9.18 Å². The third-order valence-electron chi connectivity index (χ3n) is 5.34. The third kappa shape index (κ3) is 5.20. The van der Waals surface area contributed by atoms with Crippen LogP contribution in [0, 0.1) is 11.7 Å². The summed E-state index contributed by atoms with van der Waals surface area (Å²) in [5.74, 6) is 1.80. The van der Waals surface area contributed by atoms with Gasteiger partial charge in [-0.05, 0) is 55.2 Å². The van der Waals surface area contributed by atoms with Crippen LogP contribution < -0.4 is 9.47 Å². The minimum Gasteiger partial charge on any atom is -0.497 e. The van der Waals surface area contributed by atoms with E-state index in [0.29, 0.717) is 36.7 Å². The number of hydrogen-bond donors (Lipinski definition) is 0. The monoisotopic (exact) mass is 425 g/mol. The lowest BCUT2D eigenvalue weighted by Crippen LogP contribution is -2.42. The van der Waals surface area contributed by atoms with Gasteiger partial charge < -0.3 is 18.9 Å². The van der Waals surface area contributed by atoms with E-state index in [2.05, 4.69) is 10.1 Å². The number of carbonyl (C=O) groups is 1. The number of aromatic nitrogens is 2. The second-order valence-electron chi connectivity index (χ2n) is 7.51. The van der Waals surface area contributed by atoms with Gasteiger partial charge in [-0.15, -0.1) is 0 Å². The fourth-order valence-corrected chi connectivity index (χ4v) is 3.70. The molecule has 8 heteroatoms. The van der Waals surface area contributed by atoms with E-state index >= 15 is 0 Å². The highest BCUT2D eigenvalue weighted by atomic mass is 19.1. The Kier molecular flexibility index (Phi) is 6.45. The van der Waals surface area contributed by atoms with Gasteiger partial charge in [0.2, 0.25) is 11.7 Å². The van der Waals surface area contributed by atoms with Crippen molar-refractivity contribution in [1.82, 2.24) is 15.0 Å². The predicted octanol–water partition coefficient (Wildman–Crippen LogP) is 3.74. The van der Waals surface area contributed by atoms with Gasteiger partial charge in [-0.3, -0.25) is 4.79 Å². The minimum atomic E-state index is -0.388. The molecule has 3 aromatic rings. The lowest BCUT2D eigenvalue weighted by atomic mass is 9.94. The van der Waals surface area contributed by atoms with Gasteiger partial charge >= 0.3 is 0 Å². The number of hydrogen-bond acceptors (Lipinski definition) is 6. The van der Waals surface area contributed by atoms with Gasteiger partial charge in [-0.1, -0.05) is 17.3 Å². The summed E-state index contributed by atoms with van der Waals surface area (Å²) in [4.78, 5) is 18.8. The molecule has 2 heterocycles. The zero-order chi connectivity index (χ0) is 21.6. The molecule has 1 fully saturated rings. The Balaban J connectivity index is 1.31. The number of likely N-dealkylation sites (tertiary alicyclic amines) is 1. The zero-order valence-electron chi connectivity index (χ0n) is 17.3. The lowest BCUT2D eigenvalue weighted by Gasteiger charge is -2.32. The molecule has 1 atom stereocenters. The summed E-state index contributed by atoms with van der Waals surface area (Å²) in [6, 6.07) is 13.5. The van der Waals surface area contributed by atoms with Crippen LogP contribution in [0.2, 0.25) is 0 Å². The molecule has 1 aliphatic rings. The number of rotatable bonds is 7. The number of halogens is 1. The Hall–Kier alpha value is -3.42. The molecular weight excluding hydrogens is 401 g/mol. The van der Waals surface area contributed by atoms with E-state index in [0.717, 1.165) is 18.6 Å². The van der Waals surface area contributed by atoms with Crippen LogP contribution in [0.4, 0.5) is 4.39 Å². The first kappa shape index (κ1) is 20.8. The van der Waals surface area contributed by atoms with Gasteiger partial charge in [0.15, 0.2) is 6.61 Å². The van der Waals surface area contributed by atoms with Crippen molar-refractivity contribution in [2.24, 2.45) is 5.92 Å². The molecule has 162 valence electrons. The second-order valence-corrected chi connectivity index (χ2v) is 7.51. The summed E-state index contributed by atoms with van der Waals surface area (Å²) < 4.78 is 30.0. The van der Waals surface area contributed by atoms with Crippen LogP contribution in [-0.2, 0) is 11.2 Å². The van der Waals surface area contributed by atoms with Gasteiger partial charge in [0.1, 0.15) is 17.3 Å². The van der Waals surface area contributed by atoms with Gasteiger partial charge in [0, 0.05) is 19.5 Å². The van der Waals surface area contributed by atoms with E-state index in [1.807, 2.05) is 4.90 Å². The highest BCUT2D eigenvalue weighted by molar-refractivity contribution is 5.77. The standard InChI is InChI=1S/C23H24FN3O4/c1-29-17-8-10-18(11-9-17)30-15-22(28)27-12-4-5-16(14-27)13-21-25-23(26-31-21)19-6-2-3-7-20(19)24/h2-3,6-11,16H,4-5,12-15H2,1H3. The van der Waals surface area contributed by atoms with Crippen molar-refractivity contribution in [3.05, 3.63) is 60.2 Å². The molecule has 31 heavy (non-hydrogen) atoms. The molecule has 1 saturated heterocycles. The molecule has 0 aliphatic carbocycles. The van der Waals surface area contributed by atoms with Gasteiger partial charge in [0.25, 0.3) is 5.91 Å². The fourth-order valence-electron chi connectivity index (χ4n) is 3.70. The number of carbonyl (C=O) groups excluding carboxylic acids is 1. The predicted molar refractivity (Wildman–Crippen MR) is 111 cm³/mol. The summed E-state index contributed by atoms with van der Waals surface area (Å²) >= 11 is 0. The van der Waals surface area contributed by atoms with Crippen LogP contribution in [-0.4, -0.2) is 47.8 Å². The smallest absolute Gasteiger partial charge is 0.260 e. The topological polar surface area (TPSA) is 77.7 Å². The summed E-state index contributed by atoms with van der Waals surface area (Å²) in [6.07, 6.45) is 2.40. The first-order valence-electron chi connectivity index (χ1n) is 10.2. The minimum absolute atomic E-state index is 0.0168. The number of nitrogens with zero attached hydrogens (tertiary/aromatic N) is 3. The zero-order valence-corrected chi connectivity index (χ0v) is 17.3. The van der Waals surface area contributed by atoms with Crippen LogP contribution in [0.25, 0.3) is 11.4 Å². The molecule has 1 aromatic heterocycles. The molecule has 0 saturated carbocycles. The fraction of sp³-hybridized carbons (Fsp3) is 0.348. The quantitative estimate of drug-likeness (QED) is 0.574. The van der Waals surface area contributed by atoms with Crippen LogP contribution >= 0.6 is 0 Å². The van der Waals surface area contributed by atoms with Crippen molar-refractivity contribution in [2.75, 3.05) is 26.8 Å². The van der Waals surface area contributed by atoms with Gasteiger partial charge in [-0.25, -0.2) is 4.39 Å². The van der Waals surface area contributed by atoms with Crippen LogP contribution in [0.1, 0.15) is 18.7 Å². The average Bonchev–Trinajstić information content (AvgIpc) is 3.26. The molecule has 1 amide bonds. The normalized spacial score (nSPS) is 16.2. The molecule has 1 aliphatic heterocycles. The Morgan fingerprint density at radius 3 is 2.74 bits per heavy atom. The van der Waals surface area contributed by atoms with E-state index in [1.54, 1.807) is 49.6 Å². The lowest BCUT2D eigenvalue weighted by molar-refractivity contribution is -0.135. The summed E-state index contributed by atoms with van der Waals surface area (Å²) in [6.45, 7) is 1.28. The molecule has 0 radical (unpaired) electrons. The Morgan fingerprint density at radius 2 is 1.97 bits per heavy atom. The summed E-state index contributed by atoms with van der Waals surface area (Å²) in [7, 11) is 1.60. The van der Waals surface area contributed by atoms with Crippen LogP contribution in [0.5, 0.6) is 11.5 Å². The maximum atomic E-state index is 13.9. The van der Waals surface area contributed by atoms with Crippen LogP contribution in [0.15, 0.2) is 53.1 Å². The molecule has 0 N–H and O–H groups in total. The van der Waals surface area contributed by atoms with Crippen LogP contribution in [0.3, 0.4) is 0 Å². The third-order valence-corrected chi connectivity index (χ3v) is 5.34. The maximum Gasteiger partial charge on any atom is 0.260 e. The first-order valence-corrected chi connectivity index (χ1v) is 10.2. The second kappa shape index (κ2) is 9.59. The SMILES string of the molecule is COc1ccc(OCC(=O)N2CCCC(Cc3nc(-c4ccccc4F)no3)C2)cc1. The van der Waals surface area contributed by atoms with Crippen molar-refractivity contribution >= 4 is 5.91 Å². The Morgan fingerprint density at radius 1 is 1.19 bits per heavy atom. The van der Waals surface area contributed by atoms with Crippen molar-refractivity contribution in [1.29, 1.82) is 0 Å². The molecule has 4 rings (SSSR count). The first-order chi connectivity index (χ1) is 15.1. The number of piperidine rings is 1. The van der Waals surface area contributed by atoms with Gasteiger partial charge in [0.05, 0.1) is 12.7 Å². The Labute approximate surface area is 179 Å². The van der Waals surface area contributed by atoms with Crippen molar-refractivity contribution in [3.63, 3.8) is 0 Å². The number of amides is 1. The molecule has 0 spiro atoms. The van der Waals surface area contributed by atoms with Crippen molar-refractivity contribution in [3.8, 4) is 22.9 Å². The number of methoxy groups -OCH3 is 1. The largest absolute Gasteiger partial charge is 0.497 e. The molecular formula is C23H24FN3O4. The maximum absolute atomic E-state index is 13.9. The number of ether oxygens (including phenoxy) is 2. The van der Waals surface area contributed by atoms with E-state index < -0.39 is 0 Å². The van der Waals surface area contributed by atoms with Crippen molar-refractivity contribution < 1.29 is 23.2 Å². The van der Waals surface area contributed by atoms with E-state index in [1.165, 1.54) is 6.07 Å². The van der Waals surface area contributed by atoms with Crippen molar-refractivity contribution in [2.45, 2.75) is 19.3 Å². The number of benzene rings is 2.